The van der Waals surface area contributed by atoms with Crippen LogP contribution in [0.2, 0.25) is 18.1 Å². The molecule has 11 heavy (non-hydrogen) atoms. The molecule has 0 saturated heterocycles. The van der Waals surface area contributed by atoms with Gasteiger partial charge < -0.3 is 4.74 Å². The predicted octanol–water partition coefficient (Wildman–Crippen LogP) is 1.82. The quantitative estimate of drug-likeness (QED) is 0.482. The van der Waals surface area contributed by atoms with Crippen LogP contribution in [0.3, 0.4) is 0 Å². The minimum atomic E-state index is -0.716. The molecule has 0 radical (unpaired) electrons. The number of rotatable bonds is 3. The van der Waals surface area contributed by atoms with E-state index in [-0.39, 0.29) is 11.0 Å². The number of carbonyl (C=O) groups is 1. The highest BCUT2D eigenvalue weighted by atomic mass is 28.3. The fraction of sp³-hybridized carbons (Fsp3) is 0.875. The molecule has 0 atom stereocenters. The average Bonchev–Trinajstić information content (AvgIpc) is 1.84. The van der Waals surface area contributed by atoms with E-state index in [9.17, 15) is 4.79 Å². The number of hydrogen-bond donors (Lipinski definition) is 0. The maximum Gasteiger partial charge on any atom is 0.302 e. The smallest absolute Gasteiger partial charge is 0.302 e. The van der Waals surface area contributed by atoms with E-state index in [1.807, 2.05) is 0 Å². The molecular weight excluding hydrogens is 156 g/mol. The zero-order valence-electron chi connectivity index (χ0n) is 8.10. The van der Waals surface area contributed by atoms with Crippen molar-refractivity contribution in [3.63, 3.8) is 0 Å². The van der Waals surface area contributed by atoms with Crippen molar-refractivity contribution in [3.05, 3.63) is 0 Å². The van der Waals surface area contributed by atoms with Gasteiger partial charge in [-0.05, 0) is 5.04 Å². The SMILES string of the molecule is CC(=O)OCC(C)(C)[SiH](C)C. The first-order valence-electron chi connectivity index (χ1n) is 3.99. The van der Waals surface area contributed by atoms with Gasteiger partial charge in [-0.3, -0.25) is 4.79 Å². The Hall–Kier alpha value is -0.313. The molecule has 0 N–H and O–H groups in total. The summed E-state index contributed by atoms with van der Waals surface area (Å²) in [5.41, 5.74) is 0. The summed E-state index contributed by atoms with van der Waals surface area (Å²) in [6.07, 6.45) is 0. The van der Waals surface area contributed by atoms with Crippen LogP contribution in [-0.2, 0) is 9.53 Å². The molecule has 0 saturated carbocycles. The maximum absolute atomic E-state index is 10.5. The largest absolute Gasteiger partial charge is 0.466 e. The van der Waals surface area contributed by atoms with Crippen LogP contribution in [0.25, 0.3) is 0 Å². The summed E-state index contributed by atoms with van der Waals surface area (Å²) in [6, 6.07) is 0. The Morgan fingerprint density at radius 3 is 2.18 bits per heavy atom. The third kappa shape index (κ3) is 4.19. The van der Waals surface area contributed by atoms with Gasteiger partial charge in [-0.25, -0.2) is 0 Å². The molecule has 3 heteroatoms. The lowest BCUT2D eigenvalue weighted by molar-refractivity contribution is -0.141. The Morgan fingerprint density at radius 2 is 1.91 bits per heavy atom. The van der Waals surface area contributed by atoms with E-state index in [4.69, 9.17) is 4.74 Å². The summed E-state index contributed by atoms with van der Waals surface area (Å²) in [7, 11) is -0.716. The summed E-state index contributed by atoms with van der Waals surface area (Å²) in [5, 5.41) is 0.228. The molecule has 0 rings (SSSR count). The van der Waals surface area contributed by atoms with E-state index in [0.29, 0.717) is 6.61 Å². The van der Waals surface area contributed by atoms with Crippen LogP contribution < -0.4 is 0 Å². The van der Waals surface area contributed by atoms with Gasteiger partial charge in [-0.2, -0.15) is 0 Å². The van der Waals surface area contributed by atoms with Crippen molar-refractivity contribution in [2.24, 2.45) is 0 Å². The van der Waals surface area contributed by atoms with Crippen LogP contribution in [0.15, 0.2) is 0 Å². The zero-order chi connectivity index (χ0) is 9.07. The van der Waals surface area contributed by atoms with Gasteiger partial charge in [0.05, 0.1) is 6.61 Å². The van der Waals surface area contributed by atoms with Gasteiger partial charge in [0.1, 0.15) is 0 Å². The zero-order valence-corrected chi connectivity index (χ0v) is 9.26. The van der Waals surface area contributed by atoms with Gasteiger partial charge in [0.25, 0.3) is 0 Å². The summed E-state index contributed by atoms with van der Waals surface area (Å²) in [6.45, 7) is 10.9. The lowest BCUT2D eigenvalue weighted by Gasteiger charge is -2.27. The van der Waals surface area contributed by atoms with Crippen molar-refractivity contribution >= 4 is 14.8 Å². The van der Waals surface area contributed by atoms with Gasteiger partial charge in [-0.1, -0.05) is 26.9 Å². The predicted molar refractivity (Wildman–Crippen MR) is 49.6 cm³/mol. The van der Waals surface area contributed by atoms with E-state index < -0.39 is 8.80 Å². The Kier molecular flexibility index (Phi) is 3.79. The summed E-state index contributed by atoms with van der Waals surface area (Å²) >= 11 is 0. The summed E-state index contributed by atoms with van der Waals surface area (Å²) < 4.78 is 4.96. The van der Waals surface area contributed by atoms with Crippen LogP contribution in [0.1, 0.15) is 20.8 Å². The molecule has 0 aliphatic rings. The first kappa shape index (κ1) is 10.7. The molecule has 0 amide bonds. The highest BCUT2D eigenvalue weighted by Gasteiger charge is 2.24. The Morgan fingerprint density at radius 1 is 1.45 bits per heavy atom. The van der Waals surface area contributed by atoms with E-state index in [0.717, 1.165) is 0 Å². The van der Waals surface area contributed by atoms with Crippen LogP contribution >= 0.6 is 0 Å². The first-order chi connectivity index (χ1) is 4.86. The van der Waals surface area contributed by atoms with Crippen LogP contribution in [0.5, 0.6) is 0 Å². The Bertz CT molecular complexity index is 141. The fourth-order valence-corrected chi connectivity index (χ4v) is 0.871. The topological polar surface area (TPSA) is 26.3 Å². The van der Waals surface area contributed by atoms with E-state index >= 15 is 0 Å². The molecule has 0 spiro atoms. The minimum absolute atomic E-state index is 0.173. The van der Waals surface area contributed by atoms with E-state index in [1.165, 1.54) is 6.92 Å². The molecule has 0 heterocycles. The third-order valence-corrected chi connectivity index (χ3v) is 5.50. The number of esters is 1. The van der Waals surface area contributed by atoms with Crippen molar-refractivity contribution in [2.75, 3.05) is 6.61 Å². The molecule has 0 aromatic heterocycles. The molecular formula is C8H18O2Si. The van der Waals surface area contributed by atoms with E-state index in [1.54, 1.807) is 0 Å². The van der Waals surface area contributed by atoms with Gasteiger partial charge in [0.15, 0.2) is 0 Å². The van der Waals surface area contributed by atoms with Crippen molar-refractivity contribution in [1.29, 1.82) is 0 Å². The van der Waals surface area contributed by atoms with E-state index in [2.05, 4.69) is 26.9 Å². The van der Waals surface area contributed by atoms with Crippen molar-refractivity contribution in [2.45, 2.75) is 38.9 Å². The molecule has 0 unspecified atom stereocenters. The molecule has 0 aliphatic heterocycles. The number of hydrogen-bond acceptors (Lipinski definition) is 2. The van der Waals surface area contributed by atoms with Gasteiger partial charge in [-0.15, -0.1) is 0 Å². The van der Waals surface area contributed by atoms with Crippen molar-refractivity contribution < 1.29 is 9.53 Å². The molecule has 0 bridgehead atoms. The second-order valence-electron chi connectivity index (χ2n) is 3.92. The fourth-order valence-electron chi connectivity index (χ4n) is 0.454. The lowest BCUT2D eigenvalue weighted by Crippen LogP contribution is -2.27. The second-order valence-corrected chi connectivity index (χ2v) is 7.80. The Balaban J connectivity index is 3.82. The van der Waals surface area contributed by atoms with Gasteiger partial charge in [0, 0.05) is 15.7 Å². The molecule has 0 aliphatic carbocycles. The monoisotopic (exact) mass is 174 g/mol. The van der Waals surface area contributed by atoms with Crippen LogP contribution in [-0.4, -0.2) is 21.4 Å². The molecule has 2 nitrogen and oxygen atoms in total. The molecule has 0 aromatic carbocycles. The Labute approximate surface area is 70.5 Å². The van der Waals surface area contributed by atoms with Crippen molar-refractivity contribution in [3.8, 4) is 0 Å². The number of carbonyl (C=O) groups excluding carboxylic acids is 1. The highest BCUT2D eigenvalue weighted by molar-refractivity contribution is 6.59. The summed E-state index contributed by atoms with van der Waals surface area (Å²) in [5.74, 6) is -0.173. The standard InChI is InChI=1S/C8H18O2Si/c1-7(9)10-6-8(2,3)11(4)5/h11H,6H2,1-5H3. The normalized spacial score (nSPS) is 11.8. The highest BCUT2D eigenvalue weighted by Crippen LogP contribution is 2.28. The third-order valence-electron chi connectivity index (χ3n) is 2.21. The van der Waals surface area contributed by atoms with Crippen LogP contribution in [0.4, 0.5) is 0 Å². The maximum atomic E-state index is 10.5. The first-order valence-corrected chi connectivity index (χ1v) is 6.88. The molecule has 0 fully saturated rings. The number of ether oxygens (including phenoxy) is 1. The van der Waals surface area contributed by atoms with Gasteiger partial charge in [0.2, 0.25) is 0 Å². The lowest BCUT2D eigenvalue weighted by atomic mass is 10.2. The van der Waals surface area contributed by atoms with Crippen LogP contribution in [0, 0.1) is 0 Å². The summed E-state index contributed by atoms with van der Waals surface area (Å²) in [4.78, 5) is 10.5. The second kappa shape index (κ2) is 3.90. The average molecular weight is 174 g/mol. The minimum Gasteiger partial charge on any atom is -0.466 e. The molecule has 0 aromatic rings. The van der Waals surface area contributed by atoms with Gasteiger partial charge >= 0.3 is 5.97 Å². The van der Waals surface area contributed by atoms with Crippen molar-refractivity contribution in [1.82, 2.24) is 0 Å². The molecule has 66 valence electrons.